The average Bonchev–Trinajstić information content (AvgIpc) is 2.65. The van der Waals surface area contributed by atoms with Gasteiger partial charge in [-0.3, -0.25) is 9.59 Å². The lowest BCUT2D eigenvalue weighted by Crippen LogP contribution is -2.35. The number of anilines is 2. The highest BCUT2D eigenvalue weighted by Crippen LogP contribution is 2.34. The van der Waals surface area contributed by atoms with Gasteiger partial charge in [0.15, 0.2) is 0 Å². The molecule has 1 aliphatic rings. The van der Waals surface area contributed by atoms with E-state index in [1.165, 1.54) is 13.2 Å². The van der Waals surface area contributed by atoms with Crippen LogP contribution in [0.15, 0.2) is 30.3 Å². The summed E-state index contributed by atoms with van der Waals surface area (Å²) in [5.74, 6) is -0.790. The van der Waals surface area contributed by atoms with E-state index in [9.17, 15) is 14.0 Å². The molecule has 0 unspecified atom stereocenters. The van der Waals surface area contributed by atoms with Crippen LogP contribution in [-0.2, 0) is 4.79 Å². The fraction of sp³-hybridized carbons (Fsp3) is 0.263. The molecule has 0 spiro atoms. The van der Waals surface area contributed by atoms with Crippen LogP contribution in [0.2, 0.25) is 10.0 Å². The molecule has 1 N–H and O–H groups in total. The summed E-state index contributed by atoms with van der Waals surface area (Å²) < 4.78 is 19.0. The second kappa shape index (κ2) is 8.15. The molecule has 1 heterocycles. The number of hydrogen-bond acceptors (Lipinski definition) is 3. The van der Waals surface area contributed by atoms with Crippen molar-refractivity contribution in [2.24, 2.45) is 0 Å². The molecule has 142 valence electrons. The van der Waals surface area contributed by atoms with Gasteiger partial charge in [0.2, 0.25) is 5.91 Å². The van der Waals surface area contributed by atoms with E-state index < -0.39 is 11.7 Å². The lowest BCUT2D eigenvalue weighted by molar-refractivity contribution is -0.119. The number of carbonyl (C=O) groups is 2. The van der Waals surface area contributed by atoms with Crippen LogP contribution >= 0.6 is 23.2 Å². The monoisotopic (exact) mass is 410 g/mol. The fourth-order valence-electron chi connectivity index (χ4n) is 2.93. The van der Waals surface area contributed by atoms with Crippen molar-refractivity contribution in [3.05, 3.63) is 51.8 Å². The van der Waals surface area contributed by atoms with Crippen LogP contribution in [0.3, 0.4) is 0 Å². The Kier molecular flexibility index (Phi) is 5.87. The molecule has 5 nitrogen and oxygen atoms in total. The number of carbonyl (C=O) groups excluding carboxylic acids is 2. The number of halogens is 3. The zero-order chi connectivity index (χ0) is 19.6. The maximum atomic E-state index is 13.7. The first-order valence-electron chi connectivity index (χ1n) is 8.35. The van der Waals surface area contributed by atoms with Crippen molar-refractivity contribution in [3.63, 3.8) is 0 Å². The molecular weight excluding hydrogens is 394 g/mol. The van der Waals surface area contributed by atoms with Crippen LogP contribution in [0.4, 0.5) is 15.8 Å². The summed E-state index contributed by atoms with van der Waals surface area (Å²) in [5.41, 5.74) is 0.971. The molecular formula is C19H17Cl2FN2O3. The Morgan fingerprint density at radius 1 is 1.19 bits per heavy atom. The van der Waals surface area contributed by atoms with Gasteiger partial charge in [-0.2, -0.15) is 0 Å². The zero-order valence-corrected chi connectivity index (χ0v) is 16.0. The number of rotatable bonds is 4. The van der Waals surface area contributed by atoms with Crippen molar-refractivity contribution in [2.75, 3.05) is 23.9 Å². The molecule has 0 aliphatic carbocycles. The molecule has 0 saturated carbocycles. The molecule has 0 aromatic heterocycles. The number of hydrogen-bond donors (Lipinski definition) is 1. The molecule has 0 atom stereocenters. The Labute approximate surface area is 166 Å². The lowest BCUT2D eigenvalue weighted by atomic mass is 10.1. The number of ether oxygens (including phenoxy) is 1. The summed E-state index contributed by atoms with van der Waals surface area (Å²) in [6.45, 7) is 0.584. The molecule has 3 rings (SSSR count). The Hall–Kier alpha value is -2.31. The van der Waals surface area contributed by atoms with E-state index in [1.807, 2.05) is 0 Å². The molecule has 1 aliphatic heterocycles. The highest BCUT2D eigenvalue weighted by molar-refractivity contribution is 6.37. The quantitative estimate of drug-likeness (QED) is 0.728. The predicted octanol–water partition coefficient (Wildman–Crippen LogP) is 4.91. The smallest absolute Gasteiger partial charge is 0.257 e. The van der Waals surface area contributed by atoms with Gasteiger partial charge < -0.3 is 15.0 Å². The van der Waals surface area contributed by atoms with E-state index in [1.54, 1.807) is 23.1 Å². The highest BCUT2D eigenvalue weighted by atomic mass is 35.5. The van der Waals surface area contributed by atoms with Crippen molar-refractivity contribution >= 4 is 46.4 Å². The minimum atomic E-state index is -0.736. The van der Waals surface area contributed by atoms with Gasteiger partial charge in [0, 0.05) is 18.7 Å². The summed E-state index contributed by atoms with van der Waals surface area (Å²) >= 11 is 11.7. The lowest BCUT2D eigenvalue weighted by Gasteiger charge is -2.28. The number of piperidine rings is 1. The largest absolute Gasteiger partial charge is 0.495 e. The second-order valence-corrected chi connectivity index (χ2v) is 6.90. The Bertz CT molecular complexity index is 905. The average molecular weight is 411 g/mol. The molecule has 2 aromatic rings. The summed E-state index contributed by atoms with van der Waals surface area (Å²) in [6, 6.07) is 7.11. The minimum absolute atomic E-state index is 0.00541. The molecule has 2 aromatic carbocycles. The number of nitrogens with zero attached hydrogens (tertiary/aromatic N) is 1. The third-order valence-electron chi connectivity index (χ3n) is 4.31. The molecule has 0 bridgehead atoms. The van der Waals surface area contributed by atoms with Crippen molar-refractivity contribution in [3.8, 4) is 5.75 Å². The number of methoxy groups -OCH3 is 1. The van der Waals surface area contributed by atoms with Crippen LogP contribution < -0.4 is 15.0 Å². The van der Waals surface area contributed by atoms with Crippen molar-refractivity contribution in [1.82, 2.24) is 0 Å². The first kappa shape index (κ1) is 19.5. The van der Waals surface area contributed by atoms with Gasteiger partial charge in [-0.15, -0.1) is 0 Å². The van der Waals surface area contributed by atoms with Gasteiger partial charge in [-0.25, -0.2) is 4.39 Å². The fourth-order valence-corrected chi connectivity index (χ4v) is 3.40. The van der Waals surface area contributed by atoms with Gasteiger partial charge >= 0.3 is 0 Å². The minimum Gasteiger partial charge on any atom is -0.495 e. The summed E-state index contributed by atoms with van der Waals surface area (Å²) in [5, 5.41) is 2.55. The van der Waals surface area contributed by atoms with Gasteiger partial charge in [0.05, 0.1) is 28.4 Å². The second-order valence-electron chi connectivity index (χ2n) is 6.09. The van der Waals surface area contributed by atoms with Crippen LogP contribution in [-0.4, -0.2) is 25.5 Å². The number of benzene rings is 2. The molecule has 0 radical (unpaired) electrons. The van der Waals surface area contributed by atoms with Gasteiger partial charge in [0.25, 0.3) is 5.91 Å². The van der Waals surface area contributed by atoms with E-state index in [0.717, 1.165) is 18.9 Å². The Balaban J connectivity index is 1.89. The van der Waals surface area contributed by atoms with E-state index in [0.29, 0.717) is 30.1 Å². The molecule has 8 heteroatoms. The van der Waals surface area contributed by atoms with E-state index in [4.69, 9.17) is 27.9 Å². The van der Waals surface area contributed by atoms with E-state index in [-0.39, 0.29) is 21.5 Å². The van der Waals surface area contributed by atoms with Crippen LogP contribution in [0.25, 0.3) is 0 Å². The molecule has 1 fully saturated rings. The van der Waals surface area contributed by atoms with Crippen LogP contribution in [0.1, 0.15) is 29.6 Å². The Morgan fingerprint density at radius 3 is 2.67 bits per heavy atom. The van der Waals surface area contributed by atoms with Crippen molar-refractivity contribution in [2.45, 2.75) is 19.3 Å². The van der Waals surface area contributed by atoms with E-state index in [2.05, 4.69) is 5.32 Å². The SMILES string of the molecule is COc1ccc(NC(=O)c2cc(F)c(Cl)cc2Cl)cc1N1CCCCC1=O. The number of nitrogens with one attached hydrogen (secondary N) is 1. The molecule has 1 saturated heterocycles. The standard InChI is InChI=1S/C19H17Cl2FN2O3/c1-27-17-6-5-11(8-16(17)24-7-3-2-4-18(24)25)23-19(26)12-9-15(22)14(21)10-13(12)20/h5-6,8-10H,2-4,7H2,1H3,(H,23,26). The highest BCUT2D eigenvalue weighted by Gasteiger charge is 2.23. The maximum Gasteiger partial charge on any atom is 0.257 e. The summed E-state index contributed by atoms with van der Waals surface area (Å²) in [7, 11) is 1.52. The molecule has 27 heavy (non-hydrogen) atoms. The van der Waals surface area contributed by atoms with Gasteiger partial charge in [0.1, 0.15) is 11.6 Å². The van der Waals surface area contributed by atoms with Crippen molar-refractivity contribution < 1.29 is 18.7 Å². The topological polar surface area (TPSA) is 58.6 Å². The summed E-state index contributed by atoms with van der Waals surface area (Å²) in [6.07, 6.45) is 2.22. The zero-order valence-electron chi connectivity index (χ0n) is 14.5. The third kappa shape index (κ3) is 4.17. The normalized spacial score (nSPS) is 14.2. The number of amides is 2. The van der Waals surface area contributed by atoms with Crippen molar-refractivity contribution in [1.29, 1.82) is 0 Å². The third-order valence-corrected chi connectivity index (χ3v) is 4.91. The van der Waals surface area contributed by atoms with Crippen LogP contribution in [0.5, 0.6) is 5.75 Å². The molecule has 2 amide bonds. The van der Waals surface area contributed by atoms with Gasteiger partial charge in [-0.1, -0.05) is 23.2 Å². The maximum absolute atomic E-state index is 13.7. The predicted molar refractivity (Wildman–Crippen MR) is 104 cm³/mol. The van der Waals surface area contributed by atoms with E-state index >= 15 is 0 Å². The van der Waals surface area contributed by atoms with Gasteiger partial charge in [-0.05, 0) is 43.2 Å². The Morgan fingerprint density at radius 2 is 1.96 bits per heavy atom. The van der Waals surface area contributed by atoms with Crippen LogP contribution in [0, 0.1) is 5.82 Å². The summed E-state index contributed by atoms with van der Waals surface area (Å²) in [4.78, 5) is 26.4. The first-order chi connectivity index (χ1) is 12.9. The first-order valence-corrected chi connectivity index (χ1v) is 9.10.